The molecule has 4 nitrogen and oxygen atoms in total. The molecule has 0 atom stereocenters. The molecule has 4 heteroatoms. The number of hydrogen-bond acceptors (Lipinski definition) is 4. The van der Waals surface area contributed by atoms with E-state index in [2.05, 4.69) is 131 Å². The number of para-hydroxylation sites is 4. The van der Waals surface area contributed by atoms with Gasteiger partial charge in [-0.25, -0.2) is 0 Å². The lowest BCUT2D eigenvalue weighted by molar-refractivity contribution is 0.719. The zero-order chi connectivity index (χ0) is 29.0. The van der Waals surface area contributed by atoms with Gasteiger partial charge in [0, 0.05) is 11.4 Å². The fourth-order valence-corrected chi connectivity index (χ4v) is 7.06. The zero-order valence-corrected chi connectivity index (χ0v) is 23.1. The number of rotatable bonds is 2. The Morgan fingerprint density at radius 3 is 1.05 bits per heavy atom. The van der Waals surface area contributed by atoms with Gasteiger partial charge < -0.3 is 9.80 Å². The van der Waals surface area contributed by atoms with E-state index >= 15 is 0 Å². The van der Waals surface area contributed by atoms with Crippen molar-refractivity contribution in [2.75, 3.05) is 9.80 Å². The Hall–Kier alpha value is -6.10. The van der Waals surface area contributed by atoms with Crippen molar-refractivity contribution in [1.29, 1.82) is 10.5 Å². The van der Waals surface area contributed by atoms with Gasteiger partial charge >= 0.3 is 0 Å². The maximum atomic E-state index is 9.73. The molecule has 8 rings (SSSR count). The molecular weight excluding hydrogens is 524 g/mol. The lowest BCUT2D eigenvalue weighted by Gasteiger charge is -2.51. The molecule has 0 aromatic heterocycles. The first-order valence-corrected chi connectivity index (χ1v) is 14.2. The molecule has 2 aliphatic rings. The van der Waals surface area contributed by atoms with Crippen LogP contribution >= 0.6 is 0 Å². The van der Waals surface area contributed by atoms with Gasteiger partial charge in [0.2, 0.25) is 0 Å². The number of benzene rings is 6. The second-order valence-corrected chi connectivity index (χ2v) is 10.8. The fraction of sp³-hybridized carbons (Fsp3) is 0.0256. The van der Waals surface area contributed by atoms with Crippen molar-refractivity contribution in [1.82, 2.24) is 0 Å². The second-order valence-electron chi connectivity index (χ2n) is 10.8. The molecule has 0 saturated heterocycles. The van der Waals surface area contributed by atoms with Gasteiger partial charge in [-0.2, -0.15) is 10.5 Å². The van der Waals surface area contributed by atoms with Gasteiger partial charge in [0.1, 0.15) is 0 Å². The topological polar surface area (TPSA) is 54.1 Å². The Kier molecular flexibility index (Phi) is 5.44. The third kappa shape index (κ3) is 3.42. The van der Waals surface area contributed by atoms with E-state index in [4.69, 9.17) is 0 Å². The Morgan fingerprint density at radius 1 is 0.395 bits per heavy atom. The van der Waals surface area contributed by atoms with Crippen LogP contribution in [0.25, 0.3) is 0 Å². The van der Waals surface area contributed by atoms with Crippen LogP contribution in [0.5, 0.6) is 0 Å². The van der Waals surface area contributed by atoms with E-state index in [0.29, 0.717) is 11.1 Å². The minimum absolute atomic E-state index is 0.618. The summed E-state index contributed by atoms with van der Waals surface area (Å²) in [5.74, 6) is 0. The van der Waals surface area contributed by atoms with E-state index in [1.54, 1.807) is 0 Å². The molecule has 0 unspecified atom stereocenters. The van der Waals surface area contributed by atoms with Gasteiger partial charge in [-0.3, -0.25) is 0 Å². The molecule has 6 aromatic carbocycles. The highest BCUT2D eigenvalue weighted by Gasteiger charge is 2.51. The van der Waals surface area contributed by atoms with Crippen molar-refractivity contribution in [2.45, 2.75) is 5.41 Å². The summed E-state index contributed by atoms with van der Waals surface area (Å²) in [4.78, 5) is 4.56. The Morgan fingerprint density at radius 2 is 0.721 bits per heavy atom. The predicted molar refractivity (Wildman–Crippen MR) is 171 cm³/mol. The molecule has 0 bridgehead atoms. The third-order valence-corrected chi connectivity index (χ3v) is 8.66. The van der Waals surface area contributed by atoms with Crippen LogP contribution in [0.3, 0.4) is 0 Å². The number of nitriles is 2. The van der Waals surface area contributed by atoms with E-state index in [-0.39, 0.29) is 0 Å². The second kappa shape index (κ2) is 9.48. The summed E-state index contributed by atoms with van der Waals surface area (Å²) < 4.78 is 0. The minimum Gasteiger partial charge on any atom is -0.310 e. The fourth-order valence-electron chi connectivity index (χ4n) is 7.06. The lowest BCUT2D eigenvalue weighted by atomic mass is 9.60. The summed E-state index contributed by atoms with van der Waals surface area (Å²) >= 11 is 0. The highest BCUT2D eigenvalue weighted by Crippen LogP contribution is 2.63. The molecule has 1 spiro atoms. The Balaban J connectivity index is 1.50. The van der Waals surface area contributed by atoms with Gasteiger partial charge in [0.15, 0.2) is 0 Å². The lowest BCUT2D eigenvalue weighted by Crippen LogP contribution is -2.41. The summed E-state index contributed by atoms with van der Waals surface area (Å²) in [6, 6.07) is 54.8. The van der Waals surface area contributed by atoms with E-state index in [1.807, 2.05) is 36.4 Å². The molecule has 2 aliphatic heterocycles. The van der Waals surface area contributed by atoms with Gasteiger partial charge in [-0.05, 0) is 82.9 Å². The Labute approximate surface area is 250 Å². The number of hydrogen-bond donors (Lipinski definition) is 0. The minimum atomic E-state index is -0.618. The molecule has 0 saturated carbocycles. The summed E-state index contributed by atoms with van der Waals surface area (Å²) in [5, 5.41) is 19.5. The maximum absolute atomic E-state index is 9.73. The van der Waals surface area contributed by atoms with Gasteiger partial charge in [0.25, 0.3) is 0 Å². The van der Waals surface area contributed by atoms with Crippen molar-refractivity contribution in [3.05, 3.63) is 179 Å². The SMILES string of the molecule is N#Cc1cccc(N2c3ccccc3C3(c4ccccc42)c2ccccc2N(c2cccc(C#N)c2)c2ccccc23)c1. The highest BCUT2D eigenvalue weighted by atomic mass is 15.2. The monoisotopic (exact) mass is 548 g/mol. The van der Waals surface area contributed by atoms with Crippen molar-refractivity contribution in [3.63, 3.8) is 0 Å². The van der Waals surface area contributed by atoms with Crippen LogP contribution in [0.2, 0.25) is 0 Å². The van der Waals surface area contributed by atoms with Crippen LogP contribution in [0.15, 0.2) is 146 Å². The van der Waals surface area contributed by atoms with E-state index in [9.17, 15) is 10.5 Å². The third-order valence-electron chi connectivity index (χ3n) is 8.66. The summed E-state index contributed by atoms with van der Waals surface area (Å²) in [6.07, 6.45) is 0. The molecule has 43 heavy (non-hydrogen) atoms. The van der Waals surface area contributed by atoms with Crippen LogP contribution < -0.4 is 9.80 Å². The van der Waals surface area contributed by atoms with Crippen LogP contribution in [-0.2, 0) is 5.41 Å². The van der Waals surface area contributed by atoms with Gasteiger partial charge in [0.05, 0.1) is 51.4 Å². The summed E-state index contributed by atoms with van der Waals surface area (Å²) in [7, 11) is 0. The normalized spacial score (nSPS) is 13.6. The highest BCUT2D eigenvalue weighted by molar-refractivity contribution is 5.96. The first-order valence-electron chi connectivity index (χ1n) is 14.2. The number of nitrogens with zero attached hydrogens (tertiary/aromatic N) is 4. The van der Waals surface area contributed by atoms with Crippen LogP contribution in [0.1, 0.15) is 33.4 Å². The average Bonchev–Trinajstić information content (AvgIpc) is 3.08. The van der Waals surface area contributed by atoms with E-state index in [1.165, 1.54) is 22.3 Å². The largest absolute Gasteiger partial charge is 0.310 e. The molecule has 200 valence electrons. The van der Waals surface area contributed by atoms with Crippen molar-refractivity contribution < 1.29 is 0 Å². The molecule has 0 fully saturated rings. The summed E-state index contributed by atoms with van der Waals surface area (Å²) in [5.41, 5.74) is 11.5. The molecule has 6 aromatic rings. The first kappa shape index (κ1) is 24.7. The van der Waals surface area contributed by atoms with Crippen molar-refractivity contribution in [3.8, 4) is 12.1 Å². The molecule has 0 radical (unpaired) electrons. The molecular formula is C39H24N4. The van der Waals surface area contributed by atoms with Crippen LogP contribution in [0.4, 0.5) is 34.1 Å². The van der Waals surface area contributed by atoms with Gasteiger partial charge in [-0.1, -0.05) is 84.9 Å². The van der Waals surface area contributed by atoms with E-state index in [0.717, 1.165) is 34.1 Å². The molecule has 0 N–H and O–H groups in total. The predicted octanol–water partition coefficient (Wildman–Crippen LogP) is 9.38. The van der Waals surface area contributed by atoms with Crippen molar-refractivity contribution >= 4 is 34.1 Å². The smallest absolute Gasteiger partial charge is 0.0992 e. The van der Waals surface area contributed by atoms with E-state index < -0.39 is 5.41 Å². The molecule has 2 heterocycles. The number of anilines is 6. The maximum Gasteiger partial charge on any atom is 0.0992 e. The quantitative estimate of drug-likeness (QED) is 0.216. The zero-order valence-electron chi connectivity index (χ0n) is 23.1. The first-order chi connectivity index (χ1) is 21.3. The average molecular weight is 549 g/mol. The van der Waals surface area contributed by atoms with Crippen LogP contribution in [-0.4, -0.2) is 0 Å². The molecule has 0 aliphatic carbocycles. The van der Waals surface area contributed by atoms with Gasteiger partial charge in [-0.15, -0.1) is 0 Å². The summed E-state index contributed by atoms with van der Waals surface area (Å²) in [6.45, 7) is 0. The number of fused-ring (bicyclic) bond motifs is 8. The van der Waals surface area contributed by atoms with Crippen LogP contribution in [0, 0.1) is 22.7 Å². The standard InChI is InChI=1S/C39H24N4/c40-25-27-11-9-13-29(23-27)42-35-19-5-1-15-31(35)39(32-16-2-6-20-36(32)42)33-17-3-7-21-37(33)43(38-22-8-4-18-34(38)39)30-14-10-12-28(24-30)26-41/h1-24H. The molecule has 0 amide bonds. The van der Waals surface area contributed by atoms with Crippen molar-refractivity contribution in [2.24, 2.45) is 0 Å². The Bertz CT molecular complexity index is 1900.